The predicted molar refractivity (Wildman–Crippen MR) is 391 cm³/mol. The highest BCUT2D eigenvalue weighted by Gasteiger charge is 2.30. The van der Waals surface area contributed by atoms with Crippen LogP contribution in [0.1, 0.15) is 395 Å². The predicted octanol–water partition coefficient (Wildman–Crippen LogP) is 22.6. The summed E-state index contributed by atoms with van der Waals surface area (Å²) in [6.07, 6.45) is 54.4. The second-order valence-electron chi connectivity index (χ2n) is 28.9. The number of carbonyl (C=O) groups is 4. The van der Waals surface area contributed by atoms with Crippen molar-refractivity contribution in [2.75, 3.05) is 39.6 Å². The first-order valence-electron chi connectivity index (χ1n) is 39.9. The number of aliphatic hydroxyl groups excluding tert-OH is 1. The highest BCUT2D eigenvalue weighted by Crippen LogP contribution is 2.45. The van der Waals surface area contributed by atoms with Gasteiger partial charge < -0.3 is 33.8 Å². The summed E-state index contributed by atoms with van der Waals surface area (Å²) in [6.45, 7) is 11.8. The number of hydrogen-bond donors (Lipinski definition) is 3. The van der Waals surface area contributed by atoms with Crippen molar-refractivity contribution in [1.29, 1.82) is 0 Å². The van der Waals surface area contributed by atoms with Gasteiger partial charge in [0.2, 0.25) is 0 Å². The summed E-state index contributed by atoms with van der Waals surface area (Å²) in [7, 11) is -9.91. The lowest BCUT2D eigenvalue weighted by molar-refractivity contribution is -0.161. The van der Waals surface area contributed by atoms with Gasteiger partial charge in [0.15, 0.2) is 12.2 Å². The number of ether oxygens (including phenoxy) is 4. The van der Waals surface area contributed by atoms with Gasteiger partial charge in [-0.3, -0.25) is 37.3 Å². The van der Waals surface area contributed by atoms with Crippen LogP contribution in [0.25, 0.3) is 0 Å². The van der Waals surface area contributed by atoms with Gasteiger partial charge in [-0.25, -0.2) is 9.13 Å². The van der Waals surface area contributed by atoms with Crippen LogP contribution in [0.5, 0.6) is 0 Å². The van der Waals surface area contributed by atoms with E-state index in [9.17, 15) is 43.2 Å². The summed E-state index contributed by atoms with van der Waals surface area (Å²) in [5, 5.41) is 10.6. The highest BCUT2D eigenvalue weighted by molar-refractivity contribution is 7.47. The van der Waals surface area contributed by atoms with E-state index in [1.807, 2.05) is 0 Å². The lowest BCUT2D eigenvalue weighted by atomic mass is 10.00. The molecule has 0 saturated heterocycles. The van der Waals surface area contributed by atoms with Crippen LogP contribution in [0.15, 0.2) is 0 Å². The number of carbonyl (C=O) groups excluding carboxylic acids is 4. The Hall–Kier alpha value is -1.94. The smallest absolute Gasteiger partial charge is 0.462 e. The van der Waals surface area contributed by atoms with Crippen LogP contribution in [-0.4, -0.2) is 96.7 Å². The first kappa shape index (κ1) is 94.1. The van der Waals surface area contributed by atoms with Gasteiger partial charge in [-0.1, -0.05) is 344 Å². The van der Waals surface area contributed by atoms with E-state index in [1.54, 1.807) is 0 Å². The van der Waals surface area contributed by atoms with Gasteiger partial charge in [-0.05, 0) is 43.4 Å². The molecular formula is C77H150O17P2. The van der Waals surface area contributed by atoms with Crippen LogP contribution in [0.3, 0.4) is 0 Å². The number of esters is 4. The van der Waals surface area contributed by atoms with Crippen LogP contribution < -0.4 is 0 Å². The molecule has 19 heteroatoms. The molecule has 3 unspecified atom stereocenters. The molecule has 0 aromatic carbocycles. The molecule has 0 bridgehead atoms. The van der Waals surface area contributed by atoms with Crippen LogP contribution in [0, 0.1) is 17.8 Å². The van der Waals surface area contributed by atoms with Gasteiger partial charge in [0.05, 0.1) is 26.4 Å². The SMILES string of the molecule is CCCCCCCCCCCCCCCCCCCCCCCC(=O)O[C@H](COC(=O)CCCCCCCCCCCCCC(C)C)COP(=O)(O)OC[C@@H](O)COP(=O)(O)OC[C@@H](COC(=O)CCCCCCCCC(C)CC)OC(=O)CCCCCCCCCCC(C)C. The molecule has 0 saturated carbocycles. The minimum atomic E-state index is -4.96. The minimum absolute atomic E-state index is 0.104. The van der Waals surface area contributed by atoms with Gasteiger partial charge >= 0.3 is 39.5 Å². The Kier molecular flexibility index (Phi) is 66.2. The zero-order valence-electron chi connectivity index (χ0n) is 62.8. The molecule has 0 aliphatic carbocycles. The Bertz CT molecular complexity index is 1870. The zero-order chi connectivity index (χ0) is 70.9. The number of unbranched alkanes of at least 4 members (excludes halogenated alkanes) is 42. The third kappa shape index (κ3) is 69.2. The fraction of sp³-hybridized carbons (Fsp3) is 0.948. The number of aliphatic hydroxyl groups is 1. The summed E-state index contributed by atoms with van der Waals surface area (Å²) >= 11 is 0. The molecule has 0 aliphatic rings. The number of rotatable bonds is 75. The Balaban J connectivity index is 5.21. The Morgan fingerprint density at radius 3 is 0.792 bits per heavy atom. The topological polar surface area (TPSA) is 237 Å². The molecule has 0 spiro atoms. The van der Waals surface area contributed by atoms with Crippen molar-refractivity contribution in [2.45, 2.75) is 414 Å². The van der Waals surface area contributed by atoms with E-state index in [1.165, 1.54) is 199 Å². The maximum Gasteiger partial charge on any atom is 0.472 e. The van der Waals surface area contributed by atoms with Crippen LogP contribution in [-0.2, 0) is 65.4 Å². The van der Waals surface area contributed by atoms with Crippen molar-refractivity contribution in [3.8, 4) is 0 Å². The fourth-order valence-electron chi connectivity index (χ4n) is 11.7. The molecule has 0 amide bonds. The summed E-state index contributed by atoms with van der Waals surface area (Å²) < 4.78 is 68.5. The van der Waals surface area contributed by atoms with E-state index in [2.05, 4.69) is 48.5 Å². The van der Waals surface area contributed by atoms with Crippen molar-refractivity contribution < 1.29 is 80.2 Å². The van der Waals surface area contributed by atoms with Crippen LogP contribution in [0.4, 0.5) is 0 Å². The van der Waals surface area contributed by atoms with Crippen molar-refractivity contribution in [2.24, 2.45) is 17.8 Å². The summed E-state index contributed by atoms with van der Waals surface area (Å²) in [5.74, 6) is 0.0990. The quantitative estimate of drug-likeness (QED) is 0.0222. The minimum Gasteiger partial charge on any atom is -0.462 e. The molecule has 3 N–H and O–H groups in total. The van der Waals surface area contributed by atoms with E-state index >= 15 is 0 Å². The molecule has 0 aromatic rings. The maximum absolute atomic E-state index is 13.1. The van der Waals surface area contributed by atoms with E-state index in [4.69, 9.17) is 37.0 Å². The van der Waals surface area contributed by atoms with E-state index in [0.717, 1.165) is 114 Å². The van der Waals surface area contributed by atoms with Crippen molar-refractivity contribution in [3.05, 3.63) is 0 Å². The van der Waals surface area contributed by atoms with Crippen molar-refractivity contribution in [3.63, 3.8) is 0 Å². The van der Waals surface area contributed by atoms with E-state index in [-0.39, 0.29) is 25.7 Å². The third-order valence-corrected chi connectivity index (χ3v) is 20.1. The molecule has 0 aromatic heterocycles. The van der Waals surface area contributed by atoms with Gasteiger partial charge in [-0.2, -0.15) is 0 Å². The van der Waals surface area contributed by atoms with Gasteiger partial charge in [0, 0.05) is 25.7 Å². The largest absolute Gasteiger partial charge is 0.472 e. The molecule has 0 fully saturated rings. The van der Waals surface area contributed by atoms with Crippen LogP contribution in [0.2, 0.25) is 0 Å². The average molecular weight is 1410 g/mol. The second-order valence-corrected chi connectivity index (χ2v) is 31.8. The fourth-order valence-corrected chi connectivity index (χ4v) is 13.3. The summed E-state index contributed by atoms with van der Waals surface area (Å²) in [5.41, 5.74) is 0. The van der Waals surface area contributed by atoms with E-state index < -0.39 is 97.5 Å². The number of phosphoric acid groups is 2. The van der Waals surface area contributed by atoms with Crippen molar-refractivity contribution in [1.82, 2.24) is 0 Å². The molecule has 0 heterocycles. The zero-order valence-corrected chi connectivity index (χ0v) is 64.6. The van der Waals surface area contributed by atoms with Gasteiger partial charge in [-0.15, -0.1) is 0 Å². The molecule has 17 nitrogen and oxygen atoms in total. The lowest BCUT2D eigenvalue weighted by Gasteiger charge is -2.21. The first-order chi connectivity index (χ1) is 46.3. The first-order valence-corrected chi connectivity index (χ1v) is 42.9. The highest BCUT2D eigenvalue weighted by atomic mass is 31.2. The maximum atomic E-state index is 13.1. The van der Waals surface area contributed by atoms with Gasteiger partial charge in [0.25, 0.3) is 0 Å². The Morgan fingerprint density at radius 1 is 0.302 bits per heavy atom. The summed E-state index contributed by atoms with van der Waals surface area (Å²) in [4.78, 5) is 72.8. The van der Waals surface area contributed by atoms with Gasteiger partial charge in [0.1, 0.15) is 19.3 Å². The molecule has 6 atom stereocenters. The second kappa shape index (κ2) is 67.5. The molecule has 0 rings (SSSR count). The Morgan fingerprint density at radius 2 is 0.531 bits per heavy atom. The average Bonchev–Trinajstić information content (AvgIpc) is 1.29. The monoisotopic (exact) mass is 1410 g/mol. The standard InChI is InChI=1S/C77H150O17P2/c1-8-10-11-12-13-14-15-16-17-18-19-20-21-22-23-24-27-31-37-46-53-60-76(81)93-72(64-87-74(79)58-51-44-36-30-28-25-26-29-34-41-48-55-68(3)4)66-91-95(83,84)89-62-71(78)63-90-96(85,86)92-67-73(65-88-75(80)59-52-45-40-39-43-50-57-70(7)9-2)94-77(82)61-54-47-38-33-32-35-42-49-56-69(5)6/h68-73,78H,8-67H2,1-7H3,(H,83,84)(H,85,86)/t70?,71-,72-,73-/m1/s1. The molecule has 0 radical (unpaired) electrons. The Labute approximate surface area is 588 Å². The molecule has 96 heavy (non-hydrogen) atoms. The summed E-state index contributed by atoms with van der Waals surface area (Å²) in [6, 6.07) is 0. The van der Waals surface area contributed by atoms with Crippen LogP contribution >= 0.6 is 15.6 Å². The normalized spacial score (nSPS) is 14.3. The van der Waals surface area contributed by atoms with Crippen molar-refractivity contribution >= 4 is 39.5 Å². The third-order valence-electron chi connectivity index (χ3n) is 18.2. The molecular weight excluding hydrogens is 1260 g/mol. The lowest BCUT2D eigenvalue weighted by Crippen LogP contribution is -2.30. The van der Waals surface area contributed by atoms with E-state index in [0.29, 0.717) is 25.7 Å². The molecule has 570 valence electrons. The molecule has 0 aliphatic heterocycles. The number of hydrogen-bond acceptors (Lipinski definition) is 15. The number of phosphoric ester groups is 2.